The summed E-state index contributed by atoms with van der Waals surface area (Å²) in [5.41, 5.74) is 1.59. The molecule has 0 aromatic heterocycles. The molecule has 0 fully saturated rings. The Kier molecular flexibility index (Phi) is 5.65. The first-order valence-corrected chi connectivity index (χ1v) is 6.15. The number of methoxy groups -OCH3 is 1. The van der Waals surface area contributed by atoms with Crippen LogP contribution in [0.4, 0.5) is 0 Å². The van der Waals surface area contributed by atoms with Crippen molar-refractivity contribution in [3.8, 4) is 5.75 Å². The number of carbonyl (C=O) groups excluding carboxylic acids is 1. The molecule has 4 nitrogen and oxygen atoms in total. The highest BCUT2D eigenvalue weighted by Gasteiger charge is 2.11. The molecular formula is C14H21NO3. The van der Waals surface area contributed by atoms with Crippen molar-refractivity contribution in [3.63, 3.8) is 0 Å². The van der Waals surface area contributed by atoms with Crippen LogP contribution in [0, 0.1) is 6.92 Å². The van der Waals surface area contributed by atoms with Gasteiger partial charge < -0.3 is 15.2 Å². The van der Waals surface area contributed by atoms with E-state index in [4.69, 9.17) is 9.84 Å². The quantitative estimate of drug-likeness (QED) is 0.811. The van der Waals surface area contributed by atoms with E-state index in [1.807, 2.05) is 19.9 Å². The SMILES string of the molecule is COc1cc(C(=O)NC(C)CCCO)ccc1C. The lowest BCUT2D eigenvalue weighted by Gasteiger charge is -2.14. The number of carbonyl (C=O) groups is 1. The van der Waals surface area contributed by atoms with Gasteiger partial charge in [-0.1, -0.05) is 6.07 Å². The molecule has 4 heteroatoms. The van der Waals surface area contributed by atoms with Crippen LogP contribution in [-0.2, 0) is 0 Å². The maximum Gasteiger partial charge on any atom is 0.251 e. The van der Waals surface area contributed by atoms with E-state index in [9.17, 15) is 4.79 Å². The Morgan fingerprint density at radius 1 is 1.50 bits per heavy atom. The first-order valence-electron chi connectivity index (χ1n) is 6.15. The first-order chi connectivity index (χ1) is 8.58. The molecule has 0 saturated carbocycles. The van der Waals surface area contributed by atoms with Crippen LogP contribution in [0.1, 0.15) is 35.7 Å². The van der Waals surface area contributed by atoms with E-state index < -0.39 is 0 Å². The van der Waals surface area contributed by atoms with Gasteiger partial charge in [-0.3, -0.25) is 4.79 Å². The number of hydrogen-bond acceptors (Lipinski definition) is 3. The third-order valence-corrected chi connectivity index (χ3v) is 2.84. The predicted molar refractivity (Wildman–Crippen MR) is 71.0 cm³/mol. The van der Waals surface area contributed by atoms with Crippen LogP contribution >= 0.6 is 0 Å². The monoisotopic (exact) mass is 251 g/mol. The van der Waals surface area contributed by atoms with E-state index in [1.54, 1.807) is 19.2 Å². The molecule has 1 atom stereocenters. The van der Waals surface area contributed by atoms with Gasteiger partial charge in [-0.05, 0) is 44.4 Å². The first kappa shape index (κ1) is 14.5. The van der Waals surface area contributed by atoms with E-state index in [1.165, 1.54) is 0 Å². The van der Waals surface area contributed by atoms with Crippen LogP contribution in [0.3, 0.4) is 0 Å². The molecule has 0 spiro atoms. The standard InChI is InChI=1S/C14H21NO3/c1-10-6-7-12(9-13(10)18-3)14(17)15-11(2)5-4-8-16/h6-7,9,11,16H,4-5,8H2,1-3H3,(H,15,17). The van der Waals surface area contributed by atoms with Gasteiger partial charge in [-0.2, -0.15) is 0 Å². The van der Waals surface area contributed by atoms with Gasteiger partial charge in [0.05, 0.1) is 7.11 Å². The fourth-order valence-electron chi connectivity index (χ4n) is 1.74. The minimum Gasteiger partial charge on any atom is -0.496 e. The lowest BCUT2D eigenvalue weighted by molar-refractivity contribution is 0.0936. The lowest BCUT2D eigenvalue weighted by atomic mass is 10.1. The Morgan fingerprint density at radius 3 is 2.83 bits per heavy atom. The zero-order valence-corrected chi connectivity index (χ0v) is 11.2. The number of hydrogen-bond donors (Lipinski definition) is 2. The van der Waals surface area contributed by atoms with Crippen molar-refractivity contribution >= 4 is 5.91 Å². The molecule has 0 heterocycles. The van der Waals surface area contributed by atoms with Crippen LogP contribution in [0.15, 0.2) is 18.2 Å². The molecule has 1 amide bonds. The van der Waals surface area contributed by atoms with Crippen molar-refractivity contribution in [1.29, 1.82) is 0 Å². The molecule has 18 heavy (non-hydrogen) atoms. The van der Waals surface area contributed by atoms with Gasteiger partial charge in [-0.25, -0.2) is 0 Å². The average Bonchev–Trinajstić information content (AvgIpc) is 2.36. The smallest absolute Gasteiger partial charge is 0.251 e. The van der Waals surface area contributed by atoms with Gasteiger partial charge in [0.25, 0.3) is 5.91 Å². The van der Waals surface area contributed by atoms with Gasteiger partial charge in [0, 0.05) is 18.2 Å². The molecule has 0 aliphatic heterocycles. The summed E-state index contributed by atoms with van der Waals surface area (Å²) in [5, 5.41) is 11.6. The highest BCUT2D eigenvalue weighted by atomic mass is 16.5. The number of ether oxygens (including phenoxy) is 1. The summed E-state index contributed by atoms with van der Waals surface area (Å²) in [5.74, 6) is 0.601. The van der Waals surface area contributed by atoms with Crippen LogP contribution in [-0.4, -0.2) is 30.8 Å². The number of nitrogens with one attached hydrogen (secondary N) is 1. The number of rotatable bonds is 6. The second-order valence-corrected chi connectivity index (χ2v) is 4.42. The van der Waals surface area contributed by atoms with Crippen molar-refractivity contribution in [2.45, 2.75) is 32.7 Å². The summed E-state index contributed by atoms with van der Waals surface area (Å²) in [4.78, 5) is 12.0. The molecular weight excluding hydrogens is 230 g/mol. The normalized spacial score (nSPS) is 12.0. The Hall–Kier alpha value is -1.55. The fourth-order valence-corrected chi connectivity index (χ4v) is 1.74. The number of benzene rings is 1. The second kappa shape index (κ2) is 7.01. The maximum absolute atomic E-state index is 12.0. The van der Waals surface area contributed by atoms with Crippen molar-refractivity contribution < 1.29 is 14.6 Å². The predicted octanol–water partition coefficient (Wildman–Crippen LogP) is 1.89. The third kappa shape index (κ3) is 4.04. The van der Waals surface area contributed by atoms with Gasteiger partial charge in [-0.15, -0.1) is 0 Å². The molecule has 0 radical (unpaired) electrons. The van der Waals surface area contributed by atoms with Crippen LogP contribution in [0.2, 0.25) is 0 Å². The number of aliphatic hydroxyl groups is 1. The molecule has 1 aromatic rings. The molecule has 1 aromatic carbocycles. The maximum atomic E-state index is 12.0. The summed E-state index contributed by atoms with van der Waals surface area (Å²) in [7, 11) is 1.59. The highest BCUT2D eigenvalue weighted by Crippen LogP contribution is 2.19. The largest absolute Gasteiger partial charge is 0.496 e. The molecule has 0 aliphatic rings. The fraction of sp³-hybridized carbons (Fsp3) is 0.500. The summed E-state index contributed by atoms with van der Waals surface area (Å²) in [6, 6.07) is 5.44. The molecule has 0 saturated heterocycles. The van der Waals surface area contributed by atoms with E-state index in [2.05, 4.69) is 5.32 Å². The van der Waals surface area contributed by atoms with Gasteiger partial charge in [0.1, 0.15) is 5.75 Å². The second-order valence-electron chi connectivity index (χ2n) is 4.42. The van der Waals surface area contributed by atoms with Gasteiger partial charge in [0.2, 0.25) is 0 Å². The molecule has 1 unspecified atom stereocenters. The molecule has 1 rings (SSSR count). The average molecular weight is 251 g/mol. The van der Waals surface area contributed by atoms with Crippen LogP contribution in [0.5, 0.6) is 5.75 Å². The van der Waals surface area contributed by atoms with E-state index in [0.29, 0.717) is 17.7 Å². The lowest BCUT2D eigenvalue weighted by Crippen LogP contribution is -2.32. The van der Waals surface area contributed by atoms with Crippen molar-refractivity contribution in [1.82, 2.24) is 5.32 Å². The van der Waals surface area contributed by atoms with E-state index in [0.717, 1.165) is 12.0 Å². The summed E-state index contributed by atoms with van der Waals surface area (Å²) >= 11 is 0. The summed E-state index contributed by atoms with van der Waals surface area (Å²) in [6.07, 6.45) is 1.46. The van der Waals surface area contributed by atoms with Crippen molar-refractivity contribution in [2.24, 2.45) is 0 Å². The molecule has 2 N–H and O–H groups in total. The summed E-state index contributed by atoms with van der Waals surface area (Å²) < 4.78 is 5.19. The van der Waals surface area contributed by atoms with Gasteiger partial charge in [0.15, 0.2) is 0 Å². The molecule has 100 valence electrons. The Labute approximate surface area is 108 Å². The summed E-state index contributed by atoms with van der Waals surface area (Å²) in [6.45, 7) is 4.02. The van der Waals surface area contributed by atoms with Crippen LogP contribution < -0.4 is 10.1 Å². The molecule has 0 bridgehead atoms. The Balaban J connectivity index is 2.66. The van der Waals surface area contributed by atoms with E-state index in [-0.39, 0.29) is 18.6 Å². The highest BCUT2D eigenvalue weighted by molar-refractivity contribution is 5.94. The van der Waals surface area contributed by atoms with Crippen molar-refractivity contribution in [2.75, 3.05) is 13.7 Å². The number of amides is 1. The molecule has 0 aliphatic carbocycles. The topological polar surface area (TPSA) is 58.6 Å². The Morgan fingerprint density at radius 2 is 2.22 bits per heavy atom. The third-order valence-electron chi connectivity index (χ3n) is 2.84. The zero-order chi connectivity index (χ0) is 13.5. The minimum atomic E-state index is -0.112. The van der Waals surface area contributed by atoms with Crippen LogP contribution in [0.25, 0.3) is 0 Å². The minimum absolute atomic E-state index is 0.0527. The van der Waals surface area contributed by atoms with Gasteiger partial charge >= 0.3 is 0 Å². The van der Waals surface area contributed by atoms with E-state index >= 15 is 0 Å². The number of aryl methyl sites for hydroxylation is 1. The Bertz CT molecular complexity index is 404. The number of aliphatic hydroxyl groups excluding tert-OH is 1. The zero-order valence-electron chi connectivity index (χ0n) is 11.2. The van der Waals surface area contributed by atoms with Crippen molar-refractivity contribution in [3.05, 3.63) is 29.3 Å².